The van der Waals surface area contributed by atoms with Crippen LogP contribution in [0.2, 0.25) is 0 Å². The van der Waals surface area contributed by atoms with Crippen molar-refractivity contribution >= 4 is 23.0 Å². The van der Waals surface area contributed by atoms with Crippen molar-refractivity contribution in [3.8, 4) is 5.75 Å². The van der Waals surface area contributed by atoms with Gasteiger partial charge < -0.3 is 19.7 Å². The number of ether oxygens (including phenoxy) is 2. The molecule has 29 heavy (non-hydrogen) atoms. The van der Waals surface area contributed by atoms with E-state index in [4.69, 9.17) is 9.47 Å². The highest BCUT2D eigenvalue weighted by molar-refractivity contribution is 5.90. The molecular weight excluding hydrogens is 382 g/mol. The van der Waals surface area contributed by atoms with Gasteiger partial charge in [-0.1, -0.05) is 18.2 Å². The number of carbonyl (C=O) groups excluding carboxylic acids is 1. The summed E-state index contributed by atoms with van der Waals surface area (Å²) in [4.78, 5) is 35.1. The molecule has 1 amide bonds. The third kappa shape index (κ3) is 3.97. The van der Waals surface area contributed by atoms with E-state index in [0.29, 0.717) is 5.75 Å². The van der Waals surface area contributed by atoms with E-state index < -0.39 is 29.9 Å². The second kappa shape index (κ2) is 7.99. The Hall–Kier alpha value is -3.28. The van der Waals surface area contributed by atoms with Gasteiger partial charge in [0.05, 0.1) is 19.0 Å². The lowest BCUT2D eigenvalue weighted by Crippen LogP contribution is -2.24. The second-order valence-electron chi connectivity index (χ2n) is 6.50. The van der Waals surface area contributed by atoms with E-state index in [2.05, 4.69) is 20.3 Å². The molecule has 1 aliphatic rings. The van der Waals surface area contributed by atoms with Crippen LogP contribution in [0.15, 0.2) is 41.5 Å². The second-order valence-corrected chi connectivity index (χ2v) is 6.50. The van der Waals surface area contributed by atoms with Crippen molar-refractivity contribution in [3.63, 3.8) is 0 Å². The summed E-state index contributed by atoms with van der Waals surface area (Å²) < 4.78 is 12.4. The van der Waals surface area contributed by atoms with Gasteiger partial charge in [-0.2, -0.15) is 4.98 Å². The summed E-state index contributed by atoms with van der Waals surface area (Å²) in [5.74, 6) is -0.0357. The fraction of sp³-hybridized carbons (Fsp3) is 0.333. The van der Waals surface area contributed by atoms with Crippen molar-refractivity contribution in [2.75, 3.05) is 18.5 Å². The number of fused-ring (bicyclic) bond motifs is 1. The molecule has 3 aromatic rings. The number of nitrogens with zero attached hydrogens (tertiary/aromatic N) is 3. The Morgan fingerprint density at radius 3 is 2.90 bits per heavy atom. The molecule has 1 aromatic carbocycles. The molecule has 0 saturated carbocycles. The van der Waals surface area contributed by atoms with Gasteiger partial charge in [0.15, 0.2) is 17.8 Å². The molecule has 4 N–H and O–H groups in total. The number of benzene rings is 1. The van der Waals surface area contributed by atoms with Gasteiger partial charge >= 0.3 is 0 Å². The van der Waals surface area contributed by atoms with Crippen molar-refractivity contribution < 1.29 is 24.5 Å². The molecule has 2 aromatic heterocycles. The number of amides is 1. The third-order valence-electron chi connectivity index (χ3n) is 4.50. The first-order valence-electron chi connectivity index (χ1n) is 8.94. The van der Waals surface area contributed by atoms with Gasteiger partial charge in [0.25, 0.3) is 11.5 Å². The van der Waals surface area contributed by atoms with Gasteiger partial charge in [0.2, 0.25) is 5.95 Å². The lowest BCUT2D eigenvalue weighted by atomic mass is 10.2. The first-order valence-corrected chi connectivity index (χ1v) is 8.94. The Morgan fingerprint density at radius 2 is 2.17 bits per heavy atom. The Balaban J connectivity index is 1.52. The Labute approximate surface area is 163 Å². The van der Waals surface area contributed by atoms with Crippen LogP contribution in [-0.4, -0.2) is 61.1 Å². The summed E-state index contributed by atoms with van der Waals surface area (Å²) in [6, 6.07) is 8.83. The van der Waals surface area contributed by atoms with Crippen LogP contribution in [-0.2, 0) is 9.53 Å². The number of aromatic nitrogens is 4. The summed E-state index contributed by atoms with van der Waals surface area (Å²) in [5, 5.41) is 21.7. The number of para-hydroxylation sites is 1. The highest BCUT2D eigenvalue weighted by atomic mass is 16.5. The maximum atomic E-state index is 12.3. The van der Waals surface area contributed by atoms with E-state index >= 15 is 0 Å². The van der Waals surface area contributed by atoms with Gasteiger partial charge in [0.1, 0.15) is 18.1 Å². The summed E-state index contributed by atoms with van der Waals surface area (Å²) in [7, 11) is 0. The van der Waals surface area contributed by atoms with E-state index in [9.17, 15) is 19.8 Å². The summed E-state index contributed by atoms with van der Waals surface area (Å²) in [6.45, 7) is -0.595. The number of hydrogen-bond acceptors (Lipinski definition) is 8. The Bertz CT molecular complexity index is 1070. The van der Waals surface area contributed by atoms with Crippen LogP contribution < -0.4 is 15.6 Å². The van der Waals surface area contributed by atoms with Crippen LogP contribution in [0.1, 0.15) is 12.6 Å². The van der Waals surface area contributed by atoms with E-state index in [1.54, 1.807) is 24.3 Å². The fourth-order valence-corrected chi connectivity index (χ4v) is 3.08. The van der Waals surface area contributed by atoms with Crippen LogP contribution in [0.3, 0.4) is 0 Å². The van der Waals surface area contributed by atoms with Crippen LogP contribution in [0.5, 0.6) is 5.75 Å². The van der Waals surface area contributed by atoms with Crippen molar-refractivity contribution in [3.05, 3.63) is 47.0 Å². The number of hydrogen-bond donors (Lipinski definition) is 4. The zero-order chi connectivity index (χ0) is 20.4. The number of nitrogens with one attached hydrogen (secondary N) is 2. The minimum atomic E-state index is -0.848. The number of H-pyrrole nitrogens is 1. The fourth-order valence-electron chi connectivity index (χ4n) is 3.08. The van der Waals surface area contributed by atoms with Crippen molar-refractivity contribution in [2.45, 2.75) is 24.9 Å². The maximum Gasteiger partial charge on any atom is 0.280 e. The first kappa shape index (κ1) is 19.1. The predicted molar refractivity (Wildman–Crippen MR) is 100 cm³/mol. The number of anilines is 1. The van der Waals surface area contributed by atoms with Gasteiger partial charge in [-0.3, -0.25) is 24.5 Å². The van der Waals surface area contributed by atoms with Gasteiger partial charge in [-0.15, -0.1) is 0 Å². The minimum absolute atomic E-state index is 0.0640. The molecule has 1 fully saturated rings. The average Bonchev–Trinajstić information content (AvgIpc) is 3.30. The van der Waals surface area contributed by atoms with E-state index in [1.165, 1.54) is 10.9 Å². The monoisotopic (exact) mass is 401 g/mol. The van der Waals surface area contributed by atoms with Crippen LogP contribution in [0.4, 0.5) is 5.95 Å². The lowest BCUT2D eigenvalue weighted by Gasteiger charge is -2.14. The molecule has 4 rings (SSSR count). The van der Waals surface area contributed by atoms with Gasteiger partial charge in [-0.05, 0) is 12.1 Å². The molecule has 3 heterocycles. The number of aliphatic hydroxyl groups is 2. The summed E-state index contributed by atoms with van der Waals surface area (Å²) >= 11 is 0. The topological polar surface area (TPSA) is 152 Å². The number of aliphatic hydroxyl groups excluding tert-OH is 2. The Kier molecular flexibility index (Phi) is 5.25. The molecule has 1 saturated heterocycles. The number of carbonyl (C=O) groups is 1. The molecule has 1 unspecified atom stereocenters. The van der Waals surface area contributed by atoms with Crippen LogP contribution in [0.25, 0.3) is 11.2 Å². The van der Waals surface area contributed by atoms with Crippen LogP contribution >= 0.6 is 0 Å². The molecule has 11 nitrogen and oxygen atoms in total. The third-order valence-corrected chi connectivity index (χ3v) is 4.50. The quantitative estimate of drug-likeness (QED) is 0.442. The molecule has 11 heteroatoms. The molecule has 3 atom stereocenters. The van der Waals surface area contributed by atoms with E-state index in [0.717, 1.165) is 0 Å². The zero-order valence-electron chi connectivity index (χ0n) is 15.2. The largest absolute Gasteiger partial charge is 0.484 e. The first-order chi connectivity index (χ1) is 14.0. The average molecular weight is 401 g/mol. The zero-order valence-corrected chi connectivity index (χ0v) is 15.2. The standard InChI is InChI=1S/C18H19N5O6/c24-7-12-11(25)6-14(29-12)23-9-19-15-16(23)21-18(22-17(15)27)20-13(26)8-28-10-4-2-1-3-5-10/h1-5,9,11-12,14,24-25H,6-8H2,(H2,20,21,22,26,27)/t11?,12-,14-/m1/s1. The van der Waals surface area contributed by atoms with Gasteiger partial charge in [-0.25, -0.2) is 4.98 Å². The molecule has 0 spiro atoms. The smallest absolute Gasteiger partial charge is 0.280 e. The highest BCUT2D eigenvalue weighted by Crippen LogP contribution is 2.30. The molecular formula is C18H19N5O6. The van der Waals surface area contributed by atoms with Crippen LogP contribution in [0, 0.1) is 0 Å². The number of rotatable bonds is 6. The van der Waals surface area contributed by atoms with E-state index in [1.807, 2.05) is 6.07 Å². The Morgan fingerprint density at radius 1 is 1.38 bits per heavy atom. The van der Waals surface area contributed by atoms with Gasteiger partial charge in [0, 0.05) is 6.42 Å². The SMILES string of the molecule is O=C(COc1ccccc1)Nc1nc2c(ncn2[C@H]2CC(O)[C@@H](CO)O2)c(=O)[nH]1. The van der Waals surface area contributed by atoms with Crippen molar-refractivity contribution in [2.24, 2.45) is 0 Å². The minimum Gasteiger partial charge on any atom is -0.484 e. The summed E-state index contributed by atoms with van der Waals surface area (Å²) in [6.07, 6.45) is -0.648. The molecule has 0 aliphatic carbocycles. The predicted octanol–water partition coefficient (Wildman–Crippen LogP) is -0.222. The molecule has 152 valence electrons. The molecule has 0 radical (unpaired) electrons. The highest BCUT2D eigenvalue weighted by Gasteiger charge is 2.35. The lowest BCUT2D eigenvalue weighted by molar-refractivity contribution is -0.118. The van der Waals surface area contributed by atoms with E-state index in [-0.39, 0.29) is 36.7 Å². The van der Waals surface area contributed by atoms with Crippen molar-refractivity contribution in [1.82, 2.24) is 19.5 Å². The van der Waals surface area contributed by atoms with Crippen molar-refractivity contribution in [1.29, 1.82) is 0 Å². The number of aromatic amines is 1. The molecule has 0 bridgehead atoms. The normalized spacial score (nSPS) is 21.4. The number of imidazole rings is 1. The molecule has 1 aliphatic heterocycles. The maximum absolute atomic E-state index is 12.3. The summed E-state index contributed by atoms with van der Waals surface area (Å²) in [5.41, 5.74) is -0.289.